The number of amides is 1. The Morgan fingerprint density at radius 3 is 2.56 bits per heavy atom. The van der Waals surface area contributed by atoms with Crippen molar-refractivity contribution < 1.29 is 23.4 Å². The van der Waals surface area contributed by atoms with Gasteiger partial charge in [-0.3, -0.25) is 4.79 Å². The van der Waals surface area contributed by atoms with Crippen molar-refractivity contribution in [2.75, 3.05) is 0 Å². The topological polar surface area (TPSA) is 77.5 Å². The maximum absolute atomic E-state index is 14.1. The van der Waals surface area contributed by atoms with Crippen molar-refractivity contribution in [3.05, 3.63) is 93.3 Å². The quantitative estimate of drug-likeness (QED) is 0.330. The molecule has 1 aliphatic rings. The van der Waals surface area contributed by atoms with Crippen LogP contribution in [0.3, 0.4) is 0 Å². The summed E-state index contributed by atoms with van der Waals surface area (Å²) in [5, 5.41) is 10.8. The molecule has 2 aromatic carbocycles. The highest BCUT2D eigenvalue weighted by Crippen LogP contribution is 2.38. The Kier molecular flexibility index (Phi) is 9.09. The van der Waals surface area contributed by atoms with Crippen molar-refractivity contribution in [3.63, 3.8) is 0 Å². The third-order valence-corrected chi connectivity index (χ3v) is 6.21. The molecule has 0 saturated carbocycles. The van der Waals surface area contributed by atoms with E-state index in [4.69, 9.17) is 10.5 Å². The molecule has 0 aliphatic heterocycles. The molecule has 0 unspecified atom stereocenters. The van der Waals surface area contributed by atoms with E-state index >= 15 is 0 Å². The first-order chi connectivity index (χ1) is 17.2. The molecular weight excluding hydrogens is 530 g/mol. The number of aromatic nitrogens is 1. The normalized spacial score (nSPS) is 13.4. The number of ether oxygens (including phenoxy) is 1. The fourth-order valence-corrected chi connectivity index (χ4v) is 4.33. The fourth-order valence-electron chi connectivity index (χ4n) is 3.97. The Labute approximate surface area is 218 Å². The van der Waals surface area contributed by atoms with Crippen LogP contribution < -0.4 is 10.5 Å². The van der Waals surface area contributed by atoms with Crippen molar-refractivity contribution >= 4 is 27.5 Å². The second kappa shape index (κ2) is 12.0. The van der Waals surface area contributed by atoms with E-state index in [1.807, 2.05) is 43.5 Å². The number of allylic oxidation sites excluding steroid dienone is 3. The monoisotopic (exact) mass is 558 g/mol. The molecule has 1 amide bonds. The van der Waals surface area contributed by atoms with Crippen molar-refractivity contribution in [1.82, 2.24) is 4.57 Å². The maximum Gasteiger partial charge on any atom is 0.244 e. The van der Waals surface area contributed by atoms with Crippen LogP contribution in [0, 0.1) is 18.6 Å². The number of hydrogen-bond donors (Lipinski definition) is 2. The smallest absolute Gasteiger partial charge is 0.244 e. The first-order valence-corrected chi connectivity index (χ1v) is 12.5. The Morgan fingerprint density at radius 1 is 1.11 bits per heavy atom. The molecule has 0 spiro atoms. The summed E-state index contributed by atoms with van der Waals surface area (Å²) in [6.45, 7) is 5.79. The van der Waals surface area contributed by atoms with E-state index in [1.165, 1.54) is 12.1 Å². The summed E-state index contributed by atoms with van der Waals surface area (Å²) in [7, 11) is 0. The first kappa shape index (κ1) is 27.2. The zero-order chi connectivity index (χ0) is 26.4. The van der Waals surface area contributed by atoms with Crippen LogP contribution in [0.25, 0.3) is 17.0 Å². The number of primary amides is 1. The Balaban J connectivity index is 0.00000176. The Hall–Kier alpha value is -3.39. The summed E-state index contributed by atoms with van der Waals surface area (Å²) in [5.74, 6) is -1.23. The van der Waals surface area contributed by atoms with Crippen molar-refractivity contribution in [2.24, 2.45) is 5.73 Å². The van der Waals surface area contributed by atoms with Crippen molar-refractivity contribution in [2.45, 2.75) is 46.6 Å². The highest BCUT2D eigenvalue weighted by atomic mass is 79.9. The summed E-state index contributed by atoms with van der Waals surface area (Å²) >= 11 is 3.49. The number of hydrogen-bond acceptors (Lipinski definition) is 3. The van der Waals surface area contributed by atoms with Crippen LogP contribution in [-0.2, 0) is 11.4 Å². The molecule has 0 saturated heterocycles. The zero-order valence-corrected chi connectivity index (χ0v) is 22.0. The van der Waals surface area contributed by atoms with E-state index in [0.717, 1.165) is 16.2 Å². The lowest BCUT2D eigenvalue weighted by Gasteiger charge is -2.18. The zero-order valence-electron chi connectivity index (χ0n) is 20.4. The van der Waals surface area contributed by atoms with Crippen LogP contribution in [0.15, 0.2) is 70.4 Å². The van der Waals surface area contributed by atoms with Crippen molar-refractivity contribution in [3.8, 4) is 17.0 Å². The molecule has 5 nitrogen and oxygen atoms in total. The number of benzene rings is 2. The van der Waals surface area contributed by atoms with Gasteiger partial charge in [0.05, 0.1) is 11.4 Å². The van der Waals surface area contributed by atoms with Crippen LogP contribution >= 0.6 is 15.9 Å². The third-order valence-electron chi connectivity index (χ3n) is 5.72. The predicted octanol–water partition coefficient (Wildman–Crippen LogP) is 7.43. The van der Waals surface area contributed by atoms with Gasteiger partial charge in [-0.15, -0.1) is 0 Å². The standard InChI is InChI=1S/C26H23BrF2N2O3.C2H6/c1-15-5-9-22(31(15)23-11-16(26(30)33)3-2-4-24(23)32)20-12-18(27)7-10-25(20)34-14-17-6-8-19(28)13-21(17)29;1-2/h5-13,32H,2-4,14H2,1H3,(H2,30,33);1-2H3. The summed E-state index contributed by atoms with van der Waals surface area (Å²) in [6, 6.07) is 12.5. The van der Waals surface area contributed by atoms with Crippen LogP contribution in [0.1, 0.15) is 44.4 Å². The molecule has 1 aromatic heterocycles. The van der Waals surface area contributed by atoms with Gasteiger partial charge in [0, 0.05) is 39.4 Å². The summed E-state index contributed by atoms with van der Waals surface area (Å²) in [6.07, 6.45) is 3.13. The van der Waals surface area contributed by atoms with Gasteiger partial charge in [-0.1, -0.05) is 29.8 Å². The summed E-state index contributed by atoms with van der Waals surface area (Å²) in [5.41, 5.74) is 8.90. The van der Waals surface area contributed by atoms with Gasteiger partial charge >= 0.3 is 0 Å². The van der Waals surface area contributed by atoms with Gasteiger partial charge in [-0.05, 0) is 68.3 Å². The van der Waals surface area contributed by atoms with Crippen LogP contribution in [0.4, 0.5) is 8.78 Å². The molecule has 190 valence electrons. The van der Waals surface area contributed by atoms with Gasteiger partial charge in [0.2, 0.25) is 5.91 Å². The van der Waals surface area contributed by atoms with Gasteiger partial charge in [0.25, 0.3) is 0 Å². The van der Waals surface area contributed by atoms with E-state index in [2.05, 4.69) is 15.9 Å². The molecule has 0 fully saturated rings. The molecule has 3 aromatic rings. The largest absolute Gasteiger partial charge is 0.510 e. The lowest BCUT2D eigenvalue weighted by atomic mass is 10.1. The lowest BCUT2D eigenvalue weighted by molar-refractivity contribution is -0.114. The van der Waals surface area contributed by atoms with E-state index in [9.17, 15) is 18.7 Å². The fraction of sp³-hybridized carbons (Fsp3) is 0.250. The SMILES string of the molecule is CC.Cc1ccc(-c2cc(Br)ccc2OCc2ccc(F)cc2F)n1C1=C(O)CCCC(C(N)=O)=C1. The maximum atomic E-state index is 14.1. The van der Waals surface area contributed by atoms with Gasteiger partial charge in [0.1, 0.15) is 29.8 Å². The minimum atomic E-state index is -0.685. The molecular formula is C28H29BrF2N2O3. The lowest BCUT2D eigenvalue weighted by Crippen LogP contribution is -2.14. The predicted molar refractivity (Wildman–Crippen MR) is 141 cm³/mol. The van der Waals surface area contributed by atoms with Crippen LogP contribution in [-0.4, -0.2) is 15.6 Å². The number of nitrogens with two attached hydrogens (primary N) is 1. The van der Waals surface area contributed by atoms with Gasteiger partial charge in [-0.2, -0.15) is 0 Å². The van der Waals surface area contributed by atoms with E-state index in [1.54, 1.807) is 18.2 Å². The van der Waals surface area contributed by atoms with Crippen molar-refractivity contribution in [1.29, 1.82) is 0 Å². The second-order valence-corrected chi connectivity index (χ2v) is 9.00. The third kappa shape index (κ3) is 6.05. The minimum absolute atomic E-state index is 0.0971. The van der Waals surface area contributed by atoms with Gasteiger partial charge in [0.15, 0.2) is 0 Å². The van der Waals surface area contributed by atoms with E-state index in [-0.39, 0.29) is 17.9 Å². The first-order valence-electron chi connectivity index (χ1n) is 11.7. The number of rotatable bonds is 6. The molecule has 0 radical (unpaired) electrons. The molecule has 8 heteroatoms. The molecule has 1 heterocycles. The van der Waals surface area contributed by atoms with E-state index < -0.39 is 17.5 Å². The summed E-state index contributed by atoms with van der Waals surface area (Å²) < 4.78 is 36.0. The molecule has 4 rings (SSSR count). The molecule has 0 atom stereocenters. The van der Waals surface area contributed by atoms with Crippen LogP contribution in [0.5, 0.6) is 5.75 Å². The molecule has 0 bridgehead atoms. The molecule has 1 aliphatic carbocycles. The van der Waals surface area contributed by atoms with E-state index in [0.29, 0.717) is 47.5 Å². The summed E-state index contributed by atoms with van der Waals surface area (Å²) in [4.78, 5) is 11.9. The minimum Gasteiger partial charge on any atom is -0.510 e. The van der Waals surface area contributed by atoms with Gasteiger partial charge in [-0.25, -0.2) is 8.78 Å². The van der Waals surface area contributed by atoms with Crippen LogP contribution in [0.2, 0.25) is 0 Å². The molecule has 3 N–H and O–H groups in total. The number of carbonyl (C=O) groups is 1. The number of aliphatic hydroxyl groups is 1. The van der Waals surface area contributed by atoms with Gasteiger partial charge < -0.3 is 20.1 Å². The average Bonchev–Trinajstić information content (AvgIpc) is 3.11. The highest BCUT2D eigenvalue weighted by molar-refractivity contribution is 9.10. The Bertz CT molecular complexity index is 1330. The Morgan fingerprint density at radius 2 is 1.86 bits per heavy atom. The number of halogens is 3. The molecule has 36 heavy (non-hydrogen) atoms. The number of nitrogens with zero attached hydrogens (tertiary/aromatic N) is 1. The number of aryl methyl sites for hydroxylation is 1. The highest BCUT2D eigenvalue weighted by Gasteiger charge is 2.21. The second-order valence-electron chi connectivity index (χ2n) is 8.08. The number of aliphatic hydroxyl groups excluding tert-OH is 1. The number of carbonyl (C=O) groups excluding carboxylic acids is 1. The average molecular weight is 559 g/mol.